The van der Waals surface area contributed by atoms with Crippen molar-refractivity contribution in [3.8, 4) is 11.6 Å². The third-order valence-corrected chi connectivity index (χ3v) is 5.17. The summed E-state index contributed by atoms with van der Waals surface area (Å²) in [5.41, 5.74) is -0.879. The zero-order valence-corrected chi connectivity index (χ0v) is 18.3. The molecular weight excluding hydrogens is 442 g/mol. The molecule has 3 rings (SSSR count). The van der Waals surface area contributed by atoms with Gasteiger partial charge in [0.15, 0.2) is 5.82 Å². The quantitative estimate of drug-likeness (QED) is 0.457. The van der Waals surface area contributed by atoms with Crippen molar-refractivity contribution in [1.29, 1.82) is 0 Å². The molecule has 11 heteroatoms. The minimum atomic E-state index is -4.50. The summed E-state index contributed by atoms with van der Waals surface area (Å²) in [6.45, 7) is 5.61. The lowest BCUT2D eigenvalue weighted by Crippen LogP contribution is -2.48. The van der Waals surface area contributed by atoms with E-state index >= 15 is 0 Å². The Balaban J connectivity index is 1.85. The number of para-hydroxylation sites is 1. The molecule has 0 aliphatic carbocycles. The number of ether oxygens (including phenoxy) is 1. The highest BCUT2D eigenvalue weighted by Crippen LogP contribution is 2.29. The third-order valence-electron chi connectivity index (χ3n) is 5.17. The summed E-state index contributed by atoms with van der Waals surface area (Å²) in [7, 11) is 0. The van der Waals surface area contributed by atoms with Crippen molar-refractivity contribution in [2.45, 2.75) is 45.5 Å². The fraction of sp³-hybridized carbons (Fsp3) is 0.364. The maximum absolute atomic E-state index is 14.6. The lowest BCUT2D eigenvalue weighted by atomic mass is 10.0. The Kier molecular flexibility index (Phi) is 7.29. The monoisotopic (exact) mass is 465 g/mol. The Hall–Kier alpha value is -3.50. The number of carbonyl (C=O) groups is 1. The van der Waals surface area contributed by atoms with Crippen LogP contribution in [0.3, 0.4) is 0 Å². The van der Waals surface area contributed by atoms with Crippen LogP contribution in [0.1, 0.15) is 43.1 Å². The molecule has 0 aliphatic rings. The van der Waals surface area contributed by atoms with Gasteiger partial charge in [0.05, 0.1) is 29.6 Å². The fourth-order valence-electron chi connectivity index (χ4n) is 3.60. The van der Waals surface area contributed by atoms with Crippen molar-refractivity contribution in [1.82, 2.24) is 24.9 Å². The Morgan fingerprint density at radius 2 is 1.85 bits per heavy atom. The van der Waals surface area contributed by atoms with E-state index in [2.05, 4.69) is 15.2 Å². The molecule has 1 aromatic carbocycles. The number of carbonyl (C=O) groups excluding carboxylic acids is 1. The van der Waals surface area contributed by atoms with Crippen LogP contribution in [0.25, 0.3) is 5.69 Å². The number of halogens is 4. The van der Waals surface area contributed by atoms with Gasteiger partial charge < -0.3 is 9.64 Å². The number of amides is 1. The topological polar surface area (TPSA) is 73.1 Å². The first-order valence-electron chi connectivity index (χ1n) is 10.3. The maximum atomic E-state index is 14.6. The molecule has 0 bridgehead atoms. The van der Waals surface area contributed by atoms with E-state index < -0.39 is 35.6 Å². The molecule has 2 aromatic heterocycles. The van der Waals surface area contributed by atoms with Gasteiger partial charge in [-0.15, -0.1) is 4.80 Å². The van der Waals surface area contributed by atoms with E-state index in [1.807, 2.05) is 6.92 Å². The average molecular weight is 465 g/mol. The summed E-state index contributed by atoms with van der Waals surface area (Å²) in [5.74, 6) is -1.10. The van der Waals surface area contributed by atoms with E-state index in [0.29, 0.717) is 12.6 Å². The van der Waals surface area contributed by atoms with Crippen LogP contribution in [0, 0.1) is 5.82 Å². The summed E-state index contributed by atoms with van der Waals surface area (Å²) in [4.78, 5) is 19.8. The molecule has 33 heavy (non-hydrogen) atoms. The lowest BCUT2D eigenvalue weighted by Gasteiger charge is -2.34. The number of hydrogen-bond acceptors (Lipinski definition) is 5. The Bertz CT molecular complexity index is 1070. The number of aromatic nitrogens is 4. The molecule has 0 aliphatic heterocycles. The molecule has 1 amide bonds. The number of nitrogens with zero attached hydrogens (tertiary/aromatic N) is 5. The summed E-state index contributed by atoms with van der Waals surface area (Å²) in [5, 5.41) is 7.88. The maximum Gasteiger partial charge on any atom is 0.417 e. The normalized spacial score (nSPS) is 13.4. The number of alkyl halides is 3. The van der Waals surface area contributed by atoms with Gasteiger partial charge in [-0.05, 0) is 38.5 Å². The number of pyridine rings is 1. The van der Waals surface area contributed by atoms with Crippen LogP contribution < -0.4 is 4.74 Å². The molecular formula is C22H23F4N5O2. The highest BCUT2D eigenvalue weighted by Gasteiger charge is 2.32. The van der Waals surface area contributed by atoms with E-state index in [1.54, 1.807) is 13.8 Å². The predicted molar refractivity (Wildman–Crippen MR) is 111 cm³/mol. The van der Waals surface area contributed by atoms with Gasteiger partial charge in [-0.3, -0.25) is 4.79 Å². The van der Waals surface area contributed by atoms with Crippen LogP contribution in [0.4, 0.5) is 17.6 Å². The second-order valence-corrected chi connectivity index (χ2v) is 7.23. The van der Waals surface area contributed by atoms with Crippen molar-refractivity contribution in [3.63, 3.8) is 0 Å². The molecule has 0 N–H and O–H groups in total. The molecule has 3 aromatic rings. The molecule has 2 unspecified atom stereocenters. The minimum Gasteiger partial charge on any atom is -0.472 e. The fourth-order valence-corrected chi connectivity index (χ4v) is 3.60. The first-order valence-corrected chi connectivity index (χ1v) is 10.3. The standard InChI is InChI=1S/C22H23F4N5O2/c1-4-18(14(3)33-19-10-9-15(13-27-19)22(24,25)26)30(5-2)21(32)16-7-6-8-17(23)20(16)31-28-11-12-29-31/h6-14,18H,4-5H2,1-3H3. The minimum absolute atomic E-state index is 0.00429. The van der Waals surface area contributed by atoms with Crippen LogP contribution >= 0.6 is 0 Å². The van der Waals surface area contributed by atoms with Gasteiger partial charge >= 0.3 is 6.18 Å². The van der Waals surface area contributed by atoms with Crippen LogP contribution in [0.15, 0.2) is 48.9 Å². The SMILES string of the molecule is CCC(C(C)Oc1ccc(C(F)(F)F)cn1)N(CC)C(=O)c1cccc(F)c1-n1nccn1. The molecule has 176 valence electrons. The van der Waals surface area contributed by atoms with Crippen LogP contribution in [0.2, 0.25) is 0 Å². The van der Waals surface area contributed by atoms with Crippen molar-refractivity contribution >= 4 is 5.91 Å². The van der Waals surface area contributed by atoms with Crippen molar-refractivity contribution in [3.05, 3.63) is 65.9 Å². The Morgan fingerprint density at radius 1 is 1.15 bits per heavy atom. The van der Waals surface area contributed by atoms with E-state index in [4.69, 9.17) is 4.74 Å². The van der Waals surface area contributed by atoms with Gasteiger partial charge in [-0.2, -0.15) is 23.4 Å². The third kappa shape index (κ3) is 5.29. The smallest absolute Gasteiger partial charge is 0.417 e. The second kappa shape index (κ2) is 9.97. The molecule has 0 radical (unpaired) electrons. The van der Waals surface area contributed by atoms with Gasteiger partial charge in [0.2, 0.25) is 5.88 Å². The largest absolute Gasteiger partial charge is 0.472 e. The lowest BCUT2D eigenvalue weighted by molar-refractivity contribution is -0.137. The van der Waals surface area contributed by atoms with Crippen molar-refractivity contribution in [2.75, 3.05) is 6.54 Å². The Labute approximate surface area is 188 Å². The number of likely N-dealkylation sites (N-methyl/N-ethyl adjacent to an activating group) is 1. The van der Waals surface area contributed by atoms with Crippen LogP contribution in [-0.2, 0) is 6.18 Å². The second-order valence-electron chi connectivity index (χ2n) is 7.23. The zero-order chi connectivity index (χ0) is 24.2. The molecule has 0 saturated carbocycles. The molecule has 0 saturated heterocycles. The van der Waals surface area contributed by atoms with Gasteiger partial charge in [0, 0.05) is 18.8 Å². The van der Waals surface area contributed by atoms with Gasteiger partial charge in [0.1, 0.15) is 11.8 Å². The number of rotatable bonds is 8. The average Bonchev–Trinajstić information content (AvgIpc) is 3.30. The number of benzene rings is 1. The first kappa shape index (κ1) is 24.1. The van der Waals surface area contributed by atoms with E-state index in [1.165, 1.54) is 35.5 Å². The molecule has 0 fully saturated rings. The van der Waals surface area contributed by atoms with Crippen molar-refractivity contribution in [2.24, 2.45) is 0 Å². The van der Waals surface area contributed by atoms with Gasteiger partial charge in [0.25, 0.3) is 5.91 Å². The molecule has 0 spiro atoms. The summed E-state index contributed by atoms with van der Waals surface area (Å²) >= 11 is 0. The highest BCUT2D eigenvalue weighted by atomic mass is 19.4. The molecule has 7 nitrogen and oxygen atoms in total. The summed E-state index contributed by atoms with van der Waals surface area (Å²) < 4.78 is 58.7. The van der Waals surface area contributed by atoms with Gasteiger partial charge in [-0.1, -0.05) is 13.0 Å². The van der Waals surface area contributed by atoms with Crippen LogP contribution in [0.5, 0.6) is 5.88 Å². The molecule has 2 heterocycles. The predicted octanol–water partition coefficient (Wildman–Crippen LogP) is 4.53. The zero-order valence-electron chi connectivity index (χ0n) is 18.3. The highest BCUT2D eigenvalue weighted by molar-refractivity contribution is 5.98. The van der Waals surface area contributed by atoms with E-state index in [0.717, 1.165) is 16.9 Å². The summed E-state index contributed by atoms with van der Waals surface area (Å²) in [6.07, 6.45) is -1.18. The Morgan fingerprint density at radius 3 is 2.39 bits per heavy atom. The molecule has 2 atom stereocenters. The van der Waals surface area contributed by atoms with Crippen molar-refractivity contribution < 1.29 is 27.1 Å². The number of hydrogen-bond donors (Lipinski definition) is 0. The van der Waals surface area contributed by atoms with E-state index in [9.17, 15) is 22.4 Å². The first-order chi connectivity index (χ1) is 15.7. The summed E-state index contributed by atoms with van der Waals surface area (Å²) in [6, 6.07) is 5.69. The van der Waals surface area contributed by atoms with Gasteiger partial charge in [-0.25, -0.2) is 9.37 Å². The van der Waals surface area contributed by atoms with E-state index in [-0.39, 0.29) is 23.7 Å². The van der Waals surface area contributed by atoms with Crippen LogP contribution in [-0.4, -0.2) is 49.5 Å².